The molecule has 2 N–H and O–H groups in total. The molecule has 0 spiro atoms. The maximum absolute atomic E-state index is 12.2. The molecule has 108 valence electrons. The normalized spacial score (nSPS) is 12.7. The van der Waals surface area contributed by atoms with E-state index < -0.39 is 10.0 Å². The number of nitrogens with one attached hydrogen (secondary N) is 1. The van der Waals surface area contributed by atoms with E-state index in [0.29, 0.717) is 11.3 Å². The van der Waals surface area contributed by atoms with Crippen LogP contribution in [0.25, 0.3) is 0 Å². The zero-order chi connectivity index (χ0) is 14.7. The van der Waals surface area contributed by atoms with Crippen LogP contribution in [0.15, 0.2) is 23.1 Å². The number of aliphatic hydroxyl groups is 1. The Kier molecular flexibility index (Phi) is 5.12. The number of rotatable bonds is 5. The van der Waals surface area contributed by atoms with E-state index in [1.54, 1.807) is 13.0 Å². The number of hydrogen-bond acceptors (Lipinski definition) is 3. The zero-order valence-electron chi connectivity index (χ0n) is 12.0. The van der Waals surface area contributed by atoms with Crippen molar-refractivity contribution in [1.29, 1.82) is 0 Å². The average Bonchev–Trinajstić information content (AvgIpc) is 2.27. The Balaban J connectivity index is 3.12. The summed E-state index contributed by atoms with van der Waals surface area (Å²) in [5.74, 6) is 0. The van der Waals surface area contributed by atoms with Crippen LogP contribution in [0.4, 0.5) is 0 Å². The predicted molar refractivity (Wildman–Crippen MR) is 76.8 cm³/mol. The van der Waals surface area contributed by atoms with E-state index in [4.69, 9.17) is 5.11 Å². The van der Waals surface area contributed by atoms with Gasteiger partial charge < -0.3 is 5.11 Å². The van der Waals surface area contributed by atoms with Crippen molar-refractivity contribution in [1.82, 2.24) is 4.72 Å². The van der Waals surface area contributed by atoms with Crippen molar-refractivity contribution in [2.24, 2.45) is 0 Å². The van der Waals surface area contributed by atoms with E-state index in [0.717, 1.165) is 11.1 Å². The molecule has 0 atom stereocenters. The average molecular weight is 285 g/mol. The van der Waals surface area contributed by atoms with Crippen LogP contribution in [-0.4, -0.2) is 26.7 Å². The Labute approximate surface area is 115 Å². The van der Waals surface area contributed by atoms with Gasteiger partial charge in [0, 0.05) is 13.2 Å². The second-order valence-corrected chi connectivity index (χ2v) is 7.44. The minimum Gasteiger partial charge on any atom is -0.396 e. The summed E-state index contributed by atoms with van der Waals surface area (Å²) in [5, 5.41) is 8.70. The molecule has 0 aliphatic rings. The first-order chi connectivity index (χ1) is 8.68. The Hall–Kier alpha value is -0.910. The Morgan fingerprint density at radius 3 is 2.42 bits per heavy atom. The minimum atomic E-state index is -3.51. The third-order valence-corrected chi connectivity index (χ3v) is 4.57. The highest BCUT2D eigenvalue weighted by Crippen LogP contribution is 2.26. The molecule has 0 amide bonds. The summed E-state index contributed by atoms with van der Waals surface area (Å²) in [6.45, 7) is 8.16. The summed E-state index contributed by atoms with van der Waals surface area (Å²) >= 11 is 0. The van der Waals surface area contributed by atoms with Gasteiger partial charge in [-0.15, -0.1) is 0 Å². The monoisotopic (exact) mass is 285 g/mol. The molecular weight excluding hydrogens is 262 g/mol. The van der Waals surface area contributed by atoms with E-state index in [1.165, 1.54) is 0 Å². The van der Waals surface area contributed by atoms with Crippen LogP contribution in [0.1, 0.15) is 38.3 Å². The fourth-order valence-corrected chi connectivity index (χ4v) is 3.06. The summed E-state index contributed by atoms with van der Waals surface area (Å²) in [7, 11) is -3.51. The van der Waals surface area contributed by atoms with Crippen molar-refractivity contribution in [2.45, 2.75) is 44.4 Å². The molecule has 0 bridgehead atoms. The van der Waals surface area contributed by atoms with E-state index in [1.807, 2.05) is 32.9 Å². The Morgan fingerprint density at radius 1 is 1.26 bits per heavy atom. The molecule has 0 saturated carbocycles. The predicted octanol–water partition coefficient (Wildman–Crippen LogP) is 1.95. The maximum atomic E-state index is 12.2. The molecule has 4 nitrogen and oxygen atoms in total. The maximum Gasteiger partial charge on any atom is 0.240 e. The van der Waals surface area contributed by atoms with Gasteiger partial charge in [-0.05, 0) is 36.0 Å². The number of sulfonamides is 1. The second kappa shape index (κ2) is 6.03. The zero-order valence-corrected chi connectivity index (χ0v) is 12.8. The molecule has 0 unspecified atom stereocenters. The highest BCUT2D eigenvalue weighted by Gasteiger charge is 2.20. The lowest BCUT2D eigenvalue weighted by Gasteiger charge is -2.20. The van der Waals surface area contributed by atoms with Gasteiger partial charge in [0.15, 0.2) is 0 Å². The first-order valence-electron chi connectivity index (χ1n) is 6.40. The van der Waals surface area contributed by atoms with Crippen LogP contribution in [0.3, 0.4) is 0 Å². The van der Waals surface area contributed by atoms with E-state index in [9.17, 15) is 8.42 Å². The van der Waals surface area contributed by atoms with Crippen molar-refractivity contribution in [3.63, 3.8) is 0 Å². The molecule has 1 rings (SSSR count). The molecule has 0 aromatic heterocycles. The van der Waals surface area contributed by atoms with Gasteiger partial charge in [0.05, 0.1) is 4.90 Å². The van der Waals surface area contributed by atoms with Gasteiger partial charge in [0.2, 0.25) is 10.0 Å². The molecule has 0 aliphatic heterocycles. The molecule has 1 aromatic rings. The van der Waals surface area contributed by atoms with Crippen LogP contribution in [0.5, 0.6) is 0 Å². The fourth-order valence-electron chi connectivity index (χ4n) is 1.72. The molecule has 0 heterocycles. The molecule has 19 heavy (non-hydrogen) atoms. The summed E-state index contributed by atoms with van der Waals surface area (Å²) in [4.78, 5) is 0.317. The Morgan fingerprint density at radius 2 is 1.89 bits per heavy atom. The number of hydrogen-bond donors (Lipinski definition) is 2. The van der Waals surface area contributed by atoms with Gasteiger partial charge in [0.1, 0.15) is 0 Å². The van der Waals surface area contributed by atoms with Gasteiger partial charge in [-0.2, -0.15) is 0 Å². The van der Waals surface area contributed by atoms with Gasteiger partial charge in [-0.25, -0.2) is 13.1 Å². The number of benzene rings is 1. The van der Waals surface area contributed by atoms with Crippen LogP contribution in [-0.2, 0) is 15.4 Å². The number of aryl methyl sites for hydroxylation is 1. The standard InChI is InChI=1S/C14H23NO3S/c1-11-6-7-12(14(2,3)4)10-13(11)19(17,18)15-8-5-9-16/h6-7,10,15-16H,5,8-9H2,1-4H3. The smallest absolute Gasteiger partial charge is 0.240 e. The lowest BCUT2D eigenvalue weighted by molar-refractivity contribution is 0.289. The summed E-state index contributed by atoms with van der Waals surface area (Å²) < 4.78 is 26.9. The van der Waals surface area contributed by atoms with Crippen molar-refractivity contribution >= 4 is 10.0 Å². The van der Waals surface area contributed by atoms with Gasteiger partial charge in [0.25, 0.3) is 0 Å². The fraction of sp³-hybridized carbons (Fsp3) is 0.571. The molecule has 0 radical (unpaired) electrons. The van der Waals surface area contributed by atoms with Crippen molar-refractivity contribution in [3.8, 4) is 0 Å². The van der Waals surface area contributed by atoms with Crippen molar-refractivity contribution < 1.29 is 13.5 Å². The lowest BCUT2D eigenvalue weighted by Crippen LogP contribution is -2.26. The molecule has 0 aliphatic carbocycles. The Bertz CT molecular complexity index is 530. The van der Waals surface area contributed by atoms with Gasteiger partial charge >= 0.3 is 0 Å². The van der Waals surface area contributed by atoms with Gasteiger partial charge in [-0.3, -0.25) is 0 Å². The first-order valence-corrected chi connectivity index (χ1v) is 7.88. The van der Waals surface area contributed by atoms with Crippen molar-refractivity contribution in [2.75, 3.05) is 13.2 Å². The van der Waals surface area contributed by atoms with Crippen LogP contribution in [0.2, 0.25) is 0 Å². The van der Waals surface area contributed by atoms with E-state index in [-0.39, 0.29) is 18.6 Å². The quantitative estimate of drug-likeness (QED) is 0.813. The third kappa shape index (κ3) is 4.30. The van der Waals surface area contributed by atoms with Crippen LogP contribution >= 0.6 is 0 Å². The minimum absolute atomic E-state index is 0.0243. The summed E-state index contributed by atoms with van der Waals surface area (Å²) in [6, 6.07) is 5.53. The molecular formula is C14H23NO3S. The topological polar surface area (TPSA) is 66.4 Å². The molecule has 0 saturated heterocycles. The molecule has 0 fully saturated rings. The highest BCUT2D eigenvalue weighted by molar-refractivity contribution is 7.89. The SMILES string of the molecule is Cc1ccc(C(C)(C)C)cc1S(=O)(=O)NCCCO. The molecule has 1 aromatic carbocycles. The van der Waals surface area contributed by atoms with Crippen molar-refractivity contribution in [3.05, 3.63) is 29.3 Å². The molecule has 5 heteroatoms. The van der Waals surface area contributed by atoms with Crippen LogP contribution < -0.4 is 4.72 Å². The third-order valence-electron chi connectivity index (χ3n) is 2.97. The summed E-state index contributed by atoms with van der Waals surface area (Å²) in [6.07, 6.45) is 0.414. The lowest BCUT2D eigenvalue weighted by atomic mass is 9.87. The van der Waals surface area contributed by atoms with Crippen LogP contribution in [0, 0.1) is 6.92 Å². The second-order valence-electron chi connectivity index (χ2n) is 5.71. The largest absolute Gasteiger partial charge is 0.396 e. The highest BCUT2D eigenvalue weighted by atomic mass is 32.2. The van der Waals surface area contributed by atoms with E-state index in [2.05, 4.69) is 4.72 Å². The number of aliphatic hydroxyl groups excluding tert-OH is 1. The summed E-state index contributed by atoms with van der Waals surface area (Å²) in [5.41, 5.74) is 1.62. The van der Waals surface area contributed by atoms with Gasteiger partial charge in [-0.1, -0.05) is 32.9 Å². The first kappa shape index (κ1) is 16.1. The van der Waals surface area contributed by atoms with E-state index >= 15 is 0 Å².